The third kappa shape index (κ3) is 4.47. The van der Waals surface area contributed by atoms with Crippen LogP contribution in [0.5, 0.6) is 0 Å². The molecule has 0 unspecified atom stereocenters. The first-order valence-electron chi connectivity index (χ1n) is 6.43. The van der Waals surface area contributed by atoms with E-state index in [0.717, 1.165) is 16.5 Å². The van der Waals surface area contributed by atoms with Gasteiger partial charge in [0, 0.05) is 4.47 Å². The van der Waals surface area contributed by atoms with E-state index in [0.29, 0.717) is 5.16 Å². The minimum Gasteiger partial charge on any atom is -0.349 e. The number of rotatable bonds is 6. The van der Waals surface area contributed by atoms with Crippen molar-refractivity contribution in [3.8, 4) is 0 Å². The van der Waals surface area contributed by atoms with E-state index in [9.17, 15) is 4.79 Å². The summed E-state index contributed by atoms with van der Waals surface area (Å²) in [6.45, 7) is 2.04. The smallest absolute Gasteiger partial charge is 0.230 e. The predicted molar refractivity (Wildman–Crippen MR) is 86.2 cm³/mol. The molecule has 2 aromatic rings. The molecular formula is C13H16BrN5OS. The van der Waals surface area contributed by atoms with Crippen LogP contribution in [0, 0.1) is 0 Å². The Hall–Kier alpha value is -1.54. The zero-order chi connectivity index (χ0) is 15.2. The summed E-state index contributed by atoms with van der Waals surface area (Å²) in [6, 6.07) is 7.94. The van der Waals surface area contributed by atoms with Crippen molar-refractivity contribution < 1.29 is 4.79 Å². The molecule has 0 aliphatic rings. The van der Waals surface area contributed by atoms with Crippen LogP contribution in [0.1, 0.15) is 24.9 Å². The molecule has 1 heterocycles. The van der Waals surface area contributed by atoms with Gasteiger partial charge in [-0.1, -0.05) is 46.7 Å². The van der Waals surface area contributed by atoms with E-state index in [1.54, 1.807) is 0 Å². The van der Waals surface area contributed by atoms with E-state index < -0.39 is 0 Å². The summed E-state index contributed by atoms with van der Waals surface area (Å²) in [5.41, 5.74) is 1.08. The highest BCUT2D eigenvalue weighted by Crippen LogP contribution is 2.20. The Kier molecular flexibility index (Phi) is 5.63. The molecule has 6 nitrogen and oxygen atoms in total. The fourth-order valence-electron chi connectivity index (χ4n) is 1.82. The number of nitrogens with two attached hydrogens (primary N) is 1. The average Bonchev–Trinajstić information content (AvgIpc) is 2.89. The van der Waals surface area contributed by atoms with Crippen LogP contribution in [0.3, 0.4) is 0 Å². The van der Waals surface area contributed by atoms with Crippen LogP contribution < -0.4 is 11.2 Å². The topological polar surface area (TPSA) is 85.8 Å². The Labute approximate surface area is 135 Å². The summed E-state index contributed by atoms with van der Waals surface area (Å²) in [5.74, 6) is 5.79. The van der Waals surface area contributed by atoms with Crippen molar-refractivity contribution in [2.45, 2.75) is 24.5 Å². The number of hydrogen-bond donors (Lipinski definition) is 2. The van der Waals surface area contributed by atoms with Crippen LogP contribution in [-0.2, 0) is 4.79 Å². The maximum Gasteiger partial charge on any atom is 0.230 e. The lowest BCUT2D eigenvalue weighted by molar-refractivity contribution is -0.119. The first-order chi connectivity index (χ1) is 10.1. The highest BCUT2D eigenvalue weighted by molar-refractivity contribution is 9.10. The van der Waals surface area contributed by atoms with E-state index in [2.05, 4.69) is 31.4 Å². The molecule has 0 fully saturated rings. The Morgan fingerprint density at radius 3 is 2.76 bits per heavy atom. The number of carbonyl (C=O) groups is 1. The van der Waals surface area contributed by atoms with Crippen LogP contribution in [0.15, 0.2) is 40.2 Å². The van der Waals surface area contributed by atoms with Crippen molar-refractivity contribution in [3.05, 3.63) is 40.6 Å². The van der Waals surface area contributed by atoms with E-state index >= 15 is 0 Å². The van der Waals surface area contributed by atoms with Gasteiger partial charge in [0.1, 0.15) is 6.33 Å². The van der Waals surface area contributed by atoms with Crippen molar-refractivity contribution in [1.82, 2.24) is 20.2 Å². The number of hydrogen-bond acceptors (Lipinski definition) is 5. The van der Waals surface area contributed by atoms with Gasteiger partial charge in [-0.3, -0.25) is 4.79 Å². The van der Waals surface area contributed by atoms with Crippen LogP contribution in [0.4, 0.5) is 0 Å². The van der Waals surface area contributed by atoms with Gasteiger partial charge in [0.25, 0.3) is 0 Å². The minimum absolute atomic E-state index is 0.00180. The number of nitrogen functional groups attached to an aromatic ring is 1. The summed E-state index contributed by atoms with van der Waals surface area (Å²) < 4.78 is 2.31. The highest BCUT2D eigenvalue weighted by Gasteiger charge is 2.14. The average molecular weight is 370 g/mol. The van der Waals surface area contributed by atoms with Crippen molar-refractivity contribution in [1.29, 1.82) is 0 Å². The van der Waals surface area contributed by atoms with Gasteiger partial charge >= 0.3 is 0 Å². The zero-order valence-corrected chi connectivity index (χ0v) is 13.9. The summed E-state index contributed by atoms with van der Waals surface area (Å²) in [5, 5.41) is 11.0. The quantitative estimate of drug-likeness (QED) is 0.601. The van der Waals surface area contributed by atoms with Gasteiger partial charge in [-0.2, -0.15) is 0 Å². The third-order valence-electron chi connectivity index (χ3n) is 2.89. The predicted octanol–water partition coefficient (Wildman–Crippen LogP) is 2.11. The molecule has 0 radical (unpaired) electrons. The number of carbonyl (C=O) groups excluding carboxylic acids is 1. The van der Waals surface area contributed by atoms with Gasteiger partial charge < -0.3 is 11.2 Å². The van der Waals surface area contributed by atoms with Crippen molar-refractivity contribution in [2.24, 2.45) is 0 Å². The van der Waals surface area contributed by atoms with Crippen molar-refractivity contribution >= 4 is 33.6 Å². The summed E-state index contributed by atoms with van der Waals surface area (Å²) in [6.07, 6.45) is 2.22. The van der Waals surface area contributed by atoms with Crippen LogP contribution in [0.2, 0.25) is 0 Å². The summed E-state index contributed by atoms with van der Waals surface area (Å²) in [4.78, 5) is 12.0. The maximum absolute atomic E-state index is 12.0. The van der Waals surface area contributed by atoms with Gasteiger partial charge in [-0.15, -0.1) is 10.2 Å². The second-order valence-electron chi connectivity index (χ2n) is 4.39. The normalized spacial score (nSPS) is 12.1. The Bertz CT molecular complexity index is 601. The second-order valence-corrected chi connectivity index (χ2v) is 6.25. The number of nitrogens with one attached hydrogen (secondary N) is 1. The lowest BCUT2D eigenvalue weighted by atomic mass is 10.0. The van der Waals surface area contributed by atoms with Gasteiger partial charge in [0.15, 0.2) is 0 Å². The molecule has 0 spiro atoms. The molecule has 1 amide bonds. The third-order valence-corrected chi connectivity index (χ3v) is 4.37. The highest BCUT2D eigenvalue weighted by atomic mass is 79.9. The number of benzene rings is 1. The summed E-state index contributed by atoms with van der Waals surface area (Å²) in [7, 11) is 0. The van der Waals surface area contributed by atoms with Gasteiger partial charge in [-0.25, -0.2) is 4.68 Å². The van der Waals surface area contributed by atoms with E-state index in [1.807, 2.05) is 31.2 Å². The number of amides is 1. The Morgan fingerprint density at radius 1 is 1.48 bits per heavy atom. The number of thioether (sulfide) groups is 1. The Balaban J connectivity index is 1.90. The van der Waals surface area contributed by atoms with E-state index in [4.69, 9.17) is 5.84 Å². The van der Waals surface area contributed by atoms with E-state index in [-0.39, 0.29) is 17.7 Å². The molecule has 112 valence electrons. The number of aromatic nitrogens is 3. The summed E-state index contributed by atoms with van der Waals surface area (Å²) >= 11 is 4.66. The maximum atomic E-state index is 12.0. The minimum atomic E-state index is -0.0576. The first kappa shape index (κ1) is 15.8. The van der Waals surface area contributed by atoms with E-state index in [1.165, 1.54) is 22.8 Å². The molecule has 3 N–H and O–H groups in total. The van der Waals surface area contributed by atoms with Crippen molar-refractivity contribution in [2.75, 3.05) is 11.6 Å². The lowest BCUT2D eigenvalue weighted by Crippen LogP contribution is -2.29. The molecule has 0 aliphatic carbocycles. The van der Waals surface area contributed by atoms with Crippen molar-refractivity contribution in [3.63, 3.8) is 0 Å². The number of halogens is 1. The van der Waals surface area contributed by atoms with Gasteiger partial charge in [0.2, 0.25) is 11.1 Å². The second kappa shape index (κ2) is 7.46. The fraction of sp³-hybridized carbons (Fsp3) is 0.308. The molecule has 0 saturated carbocycles. The molecule has 0 saturated heterocycles. The monoisotopic (exact) mass is 369 g/mol. The molecule has 1 aromatic carbocycles. The van der Waals surface area contributed by atoms with Crippen LogP contribution in [-0.4, -0.2) is 26.5 Å². The largest absolute Gasteiger partial charge is 0.349 e. The SMILES string of the molecule is CC[C@@H](NC(=O)CSc1nncn1N)c1ccc(Br)cc1. The molecule has 1 atom stereocenters. The Morgan fingerprint density at radius 2 is 2.19 bits per heavy atom. The number of nitrogens with zero attached hydrogens (tertiary/aromatic N) is 3. The molecule has 21 heavy (non-hydrogen) atoms. The first-order valence-corrected chi connectivity index (χ1v) is 8.20. The van der Waals surface area contributed by atoms with Crippen LogP contribution in [0.25, 0.3) is 0 Å². The standard InChI is InChI=1S/C13H16BrN5OS/c1-2-11(9-3-5-10(14)6-4-9)17-12(20)7-21-13-18-16-8-19(13)15/h3-6,8,11H,2,7,15H2,1H3,(H,17,20)/t11-/m1/s1. The molecule has 0 aliphatic heterocycles. The molecule has 1 aromatic heterocycles. The zero-order valence-electron chi connectivity index (χ0n) is 11.5. The fourth-order valence-corrected chi connectivity index (χ4v) is 2.73. The van der Waals surface area contributed by atoms with Crippen LogP contribution >= 0.6 is 27.7 Å². The lowest BCUT2D eigenvalue weighted by Gasteiger charge is -2.17. The molecule has 2 rings (SSSR count). The molecular weight excluding hydrogens is 354 g/mol. The van der Waals surface area contributed by atoms with Gasteiger partial charge in [-0.05, 0) is 24.1 Å². The molecule has 0 bridgehead atoms. The van der Waals surface area contributed by atoms with Gasteiger partial charge in [0.05, 0.1) is 11.8 Å². The molecule has 8 heteroatoms.